The molecule has 1 atom stereocenters. The summed E-state index contributed by atoms with van der Waals surface area (Å²) in [5, 5.41) is 33.4. The van der Waals surface area contributed by atoms with Crippen molar-refractivity contribution in [2.45, 2.75) is 57.1 Å². The number of aromatic nitrogens is 5. The first kappa shape index (κ1) is 51.9. The predicted octanol–water partition coefficient (Wildman–Crippen LogP) is 7.14. The molecule has 2 aliphatic rings. The summed E-state index contributed by atoms with van der Waals surface area (Å²) in [4.78, 5) is 19.8. The minimum absolute atomic E-state index is 0.0242. The number of terminal acetylenes is 1. The van der Waals surface area contributed by atoms with E-state index in [4.69, 9.17) is 19.2 Å². The van der Waals surface area contributed by atoms with Crippen molar-refractivity contribution >= 4 is 41.4 Å². The molecule has 0 aliphatic carbocycles. The predicted molar refractivity (Wildman–Crippen MR) is 248 cm³/mol. The van der Waals surface area contributed by atoms with E-state index in [1.807, 2.05) is 42.2 Å². The second-order valence-electron chi connectivity index (χ2n) is 14.7. The first-order chi connectivity index (χ1) is 30.4. The Morgan fingerprint density at radius 1 is 1.10 bits per heavy atom. The Morgan fingerprint density at radius 2 is 1.78 bits per heavy atom. The van der Waals surface area contributed by atoms with Crippen LogP contribution >= 0.6 is 24.0 Å². The number of phenolic OH excluding ortho intramolecular Hbond substituents is 1. The molecule has 2 fully saturated rings. The molecule has 0 bridgehead atoms. The number of para-hydroxylation sites is 1. The Hall–Kier alpha value is -5.42. The van der Waals surface area contributed by atoms with Gasteiger partial charge < -0.3 is 40.0 Å². The number of fused-ring (bicyclic) bond motifs is 1. The van der Waals surface area contributed by atoms with E-state index in [0.717, 1.165) is 42.3 Å². The number of nitrogens with zero attached hydrogens (tertiary/aromatic N) is 7. The highest BCUT2D eigenvalue weighted by molar-refractivity contribution is 7.80. The average Bonchev–Trinajstić information content (AvgIpc) is 4.08. The van der Waals surface area contributed by atoms with Gasteiger partial charge in [0, 0.05) is 68.9 Å². The Morgan fingerprint density at radius 3 is 2.32 bits per heavy atom. The number of aryl methyl sites for hydroxylation is 1. The molecule has 14 nitrogen and oxygen atoms in total. The van der Waals surface area contributed by atoms with E-state index in [0.29, 0.717) is 61.2 Å². The van der Waals surface area contributed by atoms with Gasteiger partial charge in [0.1, 0.15) is 23.6 Å². The number of rotatable bonds is 11. The van der Waals surface area contributed by atoms with Gasteiger partial charge >= 0.3 is 0 Å². The normalized spacial score (nSPS) is 14.6. The van der Waals surface area contributed by atoms with Crippen LogP contribution in [-0.4, -0.2) is 118 Å². The molecule has 2 saturated heterocycles. The summed E-state index contributed by atoms with van der Waals surface area (Å²) < 4.78 is 40.2. The maximum atomic E-state index is 13.7. The quantitative estimate of drug-likeness (QED) is 0.0505. The lowest BCUT2D eigenvalue weighted by Gasteiger charge is -2.40. The fourth-order valence-corrected chi connectivity index (χ4v) is 7.45. The number of carbonyl (C=O) groups excluding carboxylic acids is 1. The van der Waals surface area contributed by atoms with E-state index in [1.165, 1.54) is 23.7 Å². The molecule has 1 amide bonds. The largest absolute Gasteiger partial charge is 0.507 e. The van der Waals surface area contributed by atoms with Gasteiger partial charge in [0.25, 0.3) is 12.3 Å². The smallest absolute Gasteiger partial charge is 0.267 e. The van der Waals surface area contributed by atoms with Crippen molar-refractivity contribution in [1.82, 2.24) is 40.0 Å². The minimum Gasteiger partial charge on any atom is -0.507 e. The van der Waals surface area contributed by atoms with Gasteiger partial charge in [0.2, 0.25) is 6.41 Å². The van der Waals surface area contributed by atoms with Gasteiger partial charge in [-0.25, -0.2) is 13.8 Å². The molecule has 0 saturated carbocycles. The van der Waals surface area contributed by atoms with Crippen LogP contribution in [0, 0.1) is 25.7 Å². The van der Waals surface area contributed by atoms with Gasteiger partial charge in [-0.15, -0.1) is 47.0 Å². The van der Waals surface area contributed by atoms with Crippen LogP contribution in [0.2, 0.25) is 0 Å². The van der Waals surface area contributed by atoms with Gasteiger partial charge in [-0.2, -0.15) is 0 Å². The number of phenols is 1. The van der Waals surface area contributed by atoms with Crippen LogP contribution in [0.3, 0.4) is 0 Å². The first-order valence-electron chi connectivity index (χ1n) is 20.2. The van der Waals surface area contributed by atoms with Crippen molar-refractivity contribution in [3.8, 4) is 46.2 Å². The van der Waals surface area contributed by atoms with Crippen LogP contribution in [0.5, 0.6) is 11.6 Å². The number of nitrogens with two attached hydrogens (primary N) is 1. The number of aromatic hydroxyl groups is 1. The van der Waals surface area contributed by atoms with Crippen molar-refractivity contribution in [2.24, 2.45) is 11.7 Å². The summed E-state index contributed by atoms with van der Waals surface area (Å²) in [7, 11) is 5.09. The number of alkyl halides is 2. The number of halogens is 2. The van der Waals surface area contributed by atoms with Crippen LogP contribution in [0.4, 0.5) is 8.78 Å². The highest BCUT2D eigenvalue weighted by Crippen LogP contribution is 2.36. The zero-order valence-electron chi connectivity index (χ0n) is 36.6. The Labute approximate surface area is 377 Å². The molecule has 1 unspecified atom stereocenters. The van der Waals surface area contributed by atoms with Crippen molar-refractivity contribution in [1.29, 1.82) is 0 Å². The maximum Gasteiger partial charge on any atom is 0.267 e. The fraction of sp³-hybridized carbons (Fsp3) is 0.400. The number of thiol groups is 1. The summed E-state index contributed by atoms with van der Waals surface area (Å²) in [5.41, 5.74) is 10.3. The molecular formula is C45H59F2N9O5S2. The second kappa shape index (κ2) is 26.9. The SMILES string of the molecule is C#C.CC(C)Cc1cc(OCCN2CC(n3cc(C(F)F)c4nnc(-c5ccccc5O)cc43)C2)no1.CN.CN1CCC(O)C1.CNC=O.Cc1ncsc1-c1ccc(S)cc1. The Kier molecular flexibility index (Phi) is 22.2. The van der Waals surface area contributed by atoms with E-state index in [2.05, 4.69) is 92.6 Å². The van der Waals surface area contributed by atoms with Crippen LogP contribution in [0.25, 0.3) is 32.7 Å². The number of likely N-dealkylation sites (tertiary alicyclic amines) is 2. The molecule has 0 radical (unpaired) electrons. The molecule has 18 heteroatoms. The lowest BCUT2D eigenvalue weighted by atomic mass is 10.1. The van der Waals surface area contributed by atoms with Gasteiger partial charge in [-0.1, -0.05) is 38.1 Å². The third-order valence-corrected chi connectivity index (χ3v) is 10.8. The number of aliphatic hydroxyl groups excluding tert-OH is 1. The summed E-state index contributed by atoms with van der Waals surface area (Å²) in [5.74, 6) is 1.82. The molecule has 340 valence electrons. The number of carbonyl (C=O) groups is 1. The topological polar surface area (TPSA) is 181 Å². The second-order valence-corrected chi connectivity index (χ2v) is 16.1. The minimum atomic E-state index is -2.66. The van der Waals surface area contributed by atoms with E-state index in [1.54, 1.807) is 48.7 Å². The number of nitrogens with one attached hydrogen (secondary N) is 1. The van der Waals surface area contributed by atoms with Crippen molar-refractivity contribution < 1.29 is 33.0 Å². The van der Waals surface area contributed by atoms with Crippen LogP contribution < -0.4 is 15.8 Å². The van der Waals surface area contributed by atoms with Crippen LogP contribution in [0.1, 0.15) is 49.8 Å². The van der Waals surface area contributed by atoms with Gasteiger partial charge in [0.15, 0.2) is 0 Å². The number of hydrogen-bond acceptors (Lipinski definition) is 14. The average molecular weight is 908 g/mol. The molecule has 6 aromatic rings. The van der Waals surface area contributed by atoms with E-state index >= 15 is 0 Å². The van der Waals surface area contributed by atoms with Crippen molar-refractivity contribution in [2.75, 3.05) is 60.5 Å². The first-order valence-corrected chi connectivity index (χ1v) is 21.5. The lowest BCUT2D eigenvalue weighted by Crippen LogP contribution is -2.48. The molecular weight excluding hydrogens is 849 g/mol. The van der Waals surface area contributed by atoms with Crippen molar-refractivity contribution in [3.63, 3.8) is 0 Å². The van der Waals surface area contributed by atoms with E-state index in [-0.39, 0.29) is 29.0 Å². The van der Waals surface area contributed by atoms with Gasteiger partial charge in [-0.3, -0.25) is 9.69 Å². The monoisotopic (exact) mass is 907 g/mol. The molecule has 0 spiro atoms. The third-order valence-electron chi connectivity index (χ3n) is 9.51. The molecule has 6 heterocycles. The summed E-state index contributed by atoms with van der Waals surface area (Å²) in [6.45, 7) is 10.7. The summed E-state index contributed by atoms with van der Waals surface area (Å²) in [6, 6.07) is 18.5. The number of benzene rings is 2. The number of ether oxygens (including phenoxy) is 1. The zero-order chi connectivity index (χ0) is 46.5. The molecule has 8 rings (SSSR count). The van der Waals surface area contributed by atoms with Gasteiger partial charge in [0.05, 0.1) is 45.0 Å². The molecule has 2 aliphatic heterocycles. The lowest BCUT2D eigenvalue weighted by molar-refractivity contribution is -0.109. The third kappa shape index (κ3) is 15.7. The summed E-state index contributed by atoms with van der Waals surface area (Å²) >= 11 is 5.92. The number of hydrogen-bond donors (Lipinski definition) is 5. The Bertz CT molecular complexity index is 2250. The van der Waals surface area contributed by atoms with E-state index < -0.39 is 6.43 Å². The standard InChI is InChI=1S/C25H27F2N5O3.C10H9NS2.C5H11NO.C2H5NO.C2H2.CH5N/c1-15(2)9-17-10-23(30-35-17)34-8-7-31-12-16(13-31)32-14-19(25(26)27)24-21(32)11-20(28-29-24)18-5-3-4-6-22(18)33;1-7-10(13-6-11-7)8-2-4-9(12)5-3-8;1-6-3-2-5(7)4-6;1-3-2-4;2*1-2/h3-6,10-11,14-16,25,33H,7-9,12-13H2,1-2H3;2-6,12H,1H3;5,7H,2-4H2,1H3;2H,1H3,(H,3,4);1-2H;2H2,1H3. The summed E-state index contributed by atoms with van der Waals surface area (Å²) in [6.07, 6.45) is 9.16. The van der Waals surface area contributed by atoms with E-state index in [9.17, 15) is 13.9 Å². The Balaban J connectivity index is 0.000000306. The molecule has 5 N–H and O–H groups in total. The highest BCUT2D eigenvalue weighted by Gasteiger charge is 2.31. The number of thiazole rings is 1. The highest BCUT2D eigenvalue weighted by atomic mass is 32.1. The fourth-order valence-electron chi connectivity index (χ4n) is 6.49. The molecule has 63 heavy (non-hydrogen) atoms. The van der Waals surface area contributed by atoms with Gasteiger partial charge in [-0.05, 0) is 74.4 Å². The maximum absolute atomic E-state index is 13.7. The van der Waals surface area contributed by atoms with Crippen LogP contribution in [-0.2, 0) is 11.2 Å². The molecule has 4 aromatic heterocycles. The number of β-amino-alcohol motifs (C(OH)–C–C–N with tert-alkyl or cyclic N) is 1. The number of aliphatic hydroxyl groups is 1. The zero-order valence-corrected chi connectivity index (χ0v) is 38.3. The number of amides is 1. The number of likely N-dealkylation sites (N-methyl/N-ethyl adjacent to an activating group) is 1. The van der Waals surface area contributed by atoms with Crippen molar-refractivity contribution in [3.05, 3.63) is 89.4 Å². The molecule has 2 aromatic carbocycles. The van der Waals surface area contributed by atoms with Crippen LogP contribution in [0.15, 0.2) is 81.8 Å².